The van der Waals surface area contributed by atoms with Gasteiger partial charge in [-0.05, 0) is 6.07 Å². The number of para-hydroxylation sites is 1. The largest absolute Gasteiger partial charge is 0.394 e. The lowest BCUT2D eigenvalue weighted by molar-refractivity contribution is 0.0800. The quantitative estimate of drug-likeness (QED) is 0.605. The van der Waals surface area contributed by atoms with E-state index in [4.69, 9.17) is 10.2 Å². The van der Waals surface area contributed by atoms with Crippen LogP contribution in [0.4, 0.5) is 4.39 Å². The van der Waals surface area contributed by atoms with Crippen LogP contribution in [-0.2, 0) is 0 Å². The molecule has 7 heteroatoms. The highest BCUT2D eigenvalue weighted by atomic mass is 19.1. The number of aliphatic hydroxyl groups is 2. The van der Waals surface area contributed by atoms with Crippen LogP contribution >= 0.6 is 0 Å². The van der Waals surface area contributed by atoms with Gasteiger partial charge in [0.1, 0.15) is 11.2 Å². The van der Waals surface area contributed by atoms with Crippen LogP contribution in [0, 0.1) is 5.82 Å². The van der Waals surface area contributed by atoms with Gasteiger partial charge < -0.3 is 15.5 Å². The first-order chi connectivity index (χ1) is 8.63. The van der Waals surface area contributed by atoms with E-state index in [-0.39, 0.29) is 17.8 Å². The molecule has 0 fully saturated rings. The lowest BCUT2D eigenvalue weighted by Gasteiger charge is -2.07. The maximum atomic E-state index is 13.3. The molecule has 0 unspecified atom stereocenters. The van der Waals surface area contributed by atoms with Crippen LogP contribution in [0.3, 0.4) is 0 Å². The Morgan fingerprint density at radius 1 is 1.56 bits per heavy atom. The molecule has 6 nitrogen and oxygen atoms in total. The molecule has 18 heavy (non-hydrogen) atoms. The number of rotatable bonds is 4. The molecule has 1 aromatic carbocycles. The van der Waals surface area contributed by atoms with E-state index in [9.17, 15) is 9.18 Å². The zero-order valence-electron chi connectivity index (χ0n) is 9.35. The third kappa shape index (κ3) is 2.31. The molecule has 96 valence electrons. The maximum absolute atomic E-state index is 13.3. The predicted octanol–water partition coefficient (Wildman–Crippen LogP) is -0.215. The van der Waals surface area contributed by atoms with Crippen molar-refractivity contribution in [1.82, 2.24) is 15.5 Å². The molecule has 1 atom stereocenters. The van der Waals surface area contributed by atoms with Crippen molar-refractivity contribution in [3.05, 3.63) is 29.7 Å². The Labute approximate surface area is 101 Å². The number of hydrogen-bond donors (Lipinski definition) is 4. The molecule has 0 aliphatic heterocycles. The van der Waals surface area contributed by atoms with Crippen LogP contribution in [0.2, 0.25) is 0 Å². The number of benzene rings is 1. The average Bonchev–Trinajstić information content (AvgIpc) is 2.81. The molecule has 0 spiro atoms. The second-order valence-electron chi connectivity index (χ2n) is 3.78. The van der Waals surface area contributed by atoms with Crippen molar-refractivity contribution in [2.75, 3.05) is 13.2 Å². The minimum atomic E-state index is -1.03. The summed E-state index contributed by atoms with van der Waals surface area (Å²) in [5, 5.41) is 26.7. The fourth-order valence-electron chi connectivity index (χ4n) is 1.54. The molecule has 1 heterocycles. The SMILES string of the molecule is O=C(NC[C@H](O)CO)c1[nH]nc2c(F)cccc12. The number of fused-ring (bicyclic) bond motifs is 1. The minimum absolute atomic E-state index is 0.0883. The third-order valence-electron chi connectivity index (χ3n) is 2.47. The predicted molar refractivity (Wildman–Crippen MR) is 61.5 cm³/mol. The summed E-state index contributed by atoms with van der Waals surface area (Å²) in [5.74, 6) is -1.03. The minimum Gasteiger partial charge on any atom is -0.394 e. The molecular weight excluding hydrogens is 241 g/mol. The molecule has 0 saturated carbocycles. The molecule has 0 radical (unpaired) electrons. The zero-order chi connectivity index (χ0) is 13.1. The molecule has 0 saturated heterocycles. The van der Waals surface area contributed by atoms with E-state index in [1.165, 1.54) is 12.1 Å². The fourth-order valence-corrected chi connectivity index (χ4v) is 1.54. The van der Waals surface area contributed by atoms with Crippen LogP contribution < -0.4 is 5.32 Å². The van der Waals surface area contributed by atoms with E-state index in [1.807, 2.05) is 0 Å². The summed E-state index contributed by atoms with van der Waals surface area (Å²) in [7, 11) is 0. The number of aromatic nitrogens is 2. The summed E-state index contributed by atoms with van der Waals surface area (Å²) < 4.78 is 13.3. The van der Waals surface area contributed by atoms with Gasteiger partial charge in [-0.25, -0.2) is 4.39 Å². The summed E-state index contributed by atoms with van der Waals surface area (Å²) >= 11 is 0. The van der Waals surface area contributed by atoms with Gasteiger partial charge in [0, 0.05) is 11.9 Å². The zero-order valence-corrected chi connectivity index (χ0v) is 9.35. The summed E-state index contributed by atoms with van der Waals surface area (Å²) in [6.07, 6.45) is -1.03. The van der Waals surface area contributed by atoms with Gasteiger partial charge in [0.05, 0.1) is 12.7 Å². The molecule has 2 rings (SSSR count). The summed E-state index contributed by atoms with van der Waals surface area (Å²) in [6.45, 7) is -0.538. The highest BCUT2D eigenvalue weighted by Gasteiger charge is 2.15. The van der Waals surface area contributed by atoms with Crippen LogP contribution in [0.15, 0.2) is 18.2 Å². The topological polar surface area (TPSA) is 98.2 Å². The molecular formula is C11H12FN3O3. The first-order valence-corrected chi connectivity index (χ1v) is 5.33. The first-order valence-electron chi connectivity index (χ1n) is 5.33. The number of nitrogens with zero attached hydrogens (tertiary/aromatic N) is 1. The number of carbonyl (C=O) groups excluding carboxylic acids is 1. The van der Waals surface area contributed by atoms with E-state index in [1.54, 1.807) is 6.07 Å². The third-order valence-corrected chi connectivity index (χ3v) is 2.47. The van der Waals surface area contributed by atoms with E-state index in [0.29, 0.717) is 5.39 Å². The maximum Gasteiger partial charge on any atom is 0.270 e. The highest BCUT2D eigenvalue weighted by molar-refractivity contribution is 6.04. The normalized spacial score (nSPS) is 12.6. The number of aromatic amines is 1. The van der Waals surface area contributed by atoms with Gasteiger partial charge in [-0.1, -0.05) is 12.1 Å². The van der Waals surface area contributed by atoms with Crippen molar-refractivity contribution in [3.8, 4) is 0 Å². The van der Waals surface area contributed by atoms with E-state index in [2.05, 4.69) is 15.5 Å². The first kappa shape index (κ1) is 12.5. The monoisotopic (exact) mass is 253 g/mol. The molecule has 4 N–H and O–H groups in total. The molecule has 0 bridgehead atoms. The Balaban J connectivity index is 2.21. The number of nitrogens with one attached hydrogen (secondary N) is 2. The average molecular weight is 253 g/mol. The number of amides is 1. The van der Waals surface area contributed by atoms with Crippen LogP contribution in [0.25, 0.3) is 10.9 Å². The number of aliphatic hydroxyl groups excluding tert-OH is 2. The molecule has 0 aliphatic carbocycles. The Kier molecular flexibility index (Phi) is 3.54. The van der Waals surface area contributed by atoms with E-state index < -0.39 is 24.4 Å². The number of carbonyl (C=O) groups is 1. The Bertz CT molecular complexity index is 570. The summed E-state index contributed by atoms with van der Waals surface area (Å²) in [6, 6.07) is 4.30. The van der Waals surface area contributed by atoms with Crippen molar-refractivity contribution in [2.24, 2.45) is 0 Å². The second-order valence-corrected chi connectivity index (χ2v) is 3.78. The summed E-state index contributed by atoms with van der Waals surface area (Å²) in [4.78, 5) is 11.8. The molecule has 1 amide bonds. The second kappa shape index (κ2) is 5.11. The van der Waals surface area contributed by atoms with Gasteiger partial charge in [-0.3, -0.25) is 9.89 Å². The van der Waals surface area contributed by atoms with Gasteiger partial charge in [0.25, 0.3) is 5.91 Å². The molecule has 0 aliphatic rings. The van der Waals surface area contributed by atoms with Gasteiger partial charge in [0.2, 0.25) is 0 Å². The number of halogens is 1. The van der Waals surface area contributed by atoms with E-state index >= 15 is 0 Å². The Morgan fingerprint density at radius 2 is 2.33 bits per heavy atom. The lowest BCUT2D eigenvalue weighted by Crippen LogP contribution is -2.34. The standard InChI is InChI=1S/C11H12FN3O3/c12-8-3-1-2-7-9(8)14-15-10(7)11(18)13-4-6(17)5-16/h1-3,6,16-17H,4-5H2,(H,13,18)(H,14,15)/t6-/m0/s1. The Morgan fingerprint density at radius 3 is 3.06 bits per heavy atom. The molecule has 1 aromatic heterocycles. The highest BCUT2D eigenvalue weighted by Crippen LogP contribution is 2.18. The fraction of sp³-hybridized carbons (Fsp3) is 0.273. The smallest absolute Gasteiger partial charge is 0.270 e. The van der Waals surface area contributed by atoms with E-state index in [0.717, 1.165) is 0 Å². The van der Waals surface area contributed by atoms with Gasteiger partial charge in [-0.2, -0.15) is 5.10 Å². The van der Waals surface area contributed by atoms with Crippen LogP contribution in [0.5, 0.6) is 0 Å². The molecule has 2 aromatic rings. The van der Waals surface area contributed by atoms with Crippen molar-refractivity contribution < 1.29 is 19.4 Å². The Hall–Kier alpha value is -1.99. The van der Waals surface area contributed by atoms with Crippen molar-refractivity contribution in [2.45, 2.75) is 6.10 Å². The lowest BCUT2D eigenvalue weighted by atomic mass is 10.2. The summed E-state index contributed by atoms with van der Waals surface area (Å²) in [5.41, 5.74) is 0.208. The van der Waals surface area contributed by atoms with Crippen LogP contribution in [-0.4, -0.2) is 45.6 Å². The number of hydrogen-bond acceptors (Lipinski definition) is 4. The van der Waals surface area contributed by atoms with Crippen molar-refractivity contribution in [3.63, 3.8) is 0 Å². The van der Waals surface area contributed by atoms with Gasteiger partial charge in [-0.15, -0.1) is 0 Å². The van der Waals surface area contributed by atoms with Crippen molar-refractivity contribution in [1.29, 1.82) is 0 Å². The van der Waals surface area contributed by atoms with Gasteiger partial charge in [0.15, 0.2) is 5.82 Å². The van der Waals surface area contributed by atoms with Gasteiger partial charge >= 0.3 is 0 Å². The van der Waals surface area contributed by atoms with Crippen LogP contribution in [0.1, 0.15) is 10.5 Å². The van der Waals surface area contributed by atoms with Crippen molar-refractivity contribution >= 4 is 16.8 Å². The number of H-pyrrole nitrogens is 1.